The lowest BCUT2D eigenvalue weighted by molar-refractivity contribution is 0.100. The van der Waals surface area contributed by atoms with Gasteiger partial charge in [-0.2, -0.15) is 0 Å². The number of fused-ring (bicyclic) bond motifs is 1. The van der Waals surface area contributed by atoms with Crippen LogP contribution in [0.15, 0.2) is 18.3 Å². The van der Waals surface area contributed by atoms with Gasteiger partial charge in [0.05, 0.1) is 18.7 Å². The largest absolute Gasteiger partial charge is 0.495 e. The number of aromatic nitrogens is 1. The van der Waals surface area contributed by atoms with Crippen molar-refractivity contribution in [1.82, 2.24) is 4.98 Å². The Morgan fingerprint density at radius 3 is 2.94 bits per heavy atom. The van der Waals surface area contributed by atoms with E-state index in [1.807, 2.05) is 6.07 Å². The molecule has 0 saturated carbocycles. The van der Waals surface area contributed by atoms with Crippen LogP contribution < -0.4 is 10.5 Å². The Bertz CT molecular complexity index is 548. The quantitative estimate of drug-likeness (QED) is 0.804. The third-order valence-corrected chi connectivity index (χ3v) is 2.83. The molecule has 4 nitrogen and oxygen atoms in total. The van der Waals surface area contributed by atoms with Crippen LogP contribution in [-0.4, -0.2) is 24.4 Å². The summed E-state index contributed by atoms with van der Waals surface area (Å²) in [6.45, 7) is -0.0412. The molecule has 5 heteroatoms. The second kappa shape index (κ2) is 4.15. The minimum Gasteiger partial charge on any atom is -0.495 e. The number of hydrogen-bond donors (Lipinski definition) is 2. The van der Waals surface area contributed by atoms with Crippen LogP contribution in [0.1, 0.15) is 10.4 Å². The summed E-state index contributed by atoms with van der Waals surface area (Å²) in [5.74, 6) is 0.390. The van der Waals surface area contributed by atoms with E-state index in [0.717, 1.165) is 5.52 Å². The highest BCUT2D eigenvalue weighted by Gasteiger charge is 2.15. The number of rotatable bonds is 3. The maximum atomic E-state index is 11.6. The maximum Gasteiger partial charge on any atom is 0.178 e. The Morgan fingerprint density at radius 1 is 1.56 bits per heavy atom. The zero-order chi connectivity index (χ0) is 11.7. The zero-order valence-electron chi connectivity index (χ0n) is 8.71. The van der Waals surface area contributed by atoms with Crippen molar-refractivity contribution in [1.29, 1.82) is 0 Å². The van der Waals surface area contributed by atoms with Crippen molar-refractivity contribution in [3.8, 4) is 5.75 Å². The minimum absolute atomic E-state index is 0.0412. The fourth-order valence-electron chi connectivity index (χ4n) is 1.65. The van der Waals surface area contributed by atoms with Crippen molar-refractivity contribution in [3.63, 3.8) is 0 Å². The summed E-state index contributed by atoms with van der Waals surface area (Å²) in [4.78, 5) is 14.6. The van der Waals surface area contributed by atoms with Crippen LogP contribution in [0.2, 0.25) is 5.02 Å². The predicted octanol–water partition coefficient (Wildman–Crippen LogP) is 1.97. The molecular weight excluding hydrogens is 228 g/mol. The van der Waals surface area contributed by atoms with E-state index in [4.69, 9.17) is 22.1 Å². The number of hydrogen-bond acceptors (Lipinski definition) is 3. The van der Waals surface area contributed by atoms with Crippen LogP contribution in [0.3, 0.4) is 0 Å². The molecule has 0 unspecified atom stereocenters. The van der Waals surface area contributed by atoms with Crippen LogP contribution in [0.5, 0.6) is 5.75 Å². The van der Waals surface area contributed by atoms with Crippen LogP contribution >= 0.6 is 11.6 Å². The van der Waals surface area contributed by atoms with E-state index in [1.165, 1.54) is 7.11 Å². The molecule has 0 saturated heterocycles. The summed E-state index contributed by atoms with van der Waals surface area (Å²) in [5.41, 5.74) is 6.63. The highest BCUT2D eigenvalue weighted by atomic mass is 35.5. The van der Waals surface area contributed by atoms with Crippen LogP contribution in [-0.2, 0) is 0 Å². The number of ketones is 1. The van der Waals surface area contributed by atoms with Crippen molar-refractivity contribution in [2.45, 2.75) is 0 Å². The summed E-state index contributed by atoms with van der Waals surface area (Å²) < 4.78 is 5.10. The van der Waals surface area contributed by atoms with E-state index in [-0.39, 0.29) is 12.3 Å². The zero-order valence-corrected chi connectivity index (χ0v) is 9.47. The Balaban J connectivity index is 2.73. The number of carbonyl (C=O) groups excluding carboxylic acids is 1. The third-order valence-electron chi connectivity index (χ3n) is 2.45. The van der Waals surface area contributed by atoms with E-state index in [1.54, 1.807) is 12.3 Å². The van der Waals surface area contributed by atoms with Gasteiger partial charge in [0.15, 0.2) is 5.78 Å². The summed E-state index contributed by atoms with van der Waals surface area (Å²) >= 11 is 6.15. The molecular formula is C11H11ClN2O2. The molecule has 2 aromatic rings. The van der Waals surface area contributed by atoms with Crippen LogP contribution in [0.4, 0.5) is 0 Å². The van der Waals surface area contributed by atoms with Gasteiger partial charge in [0.1, 0.15) is 5.75 Å². The van der Waals surface area contributed by atoms with E-state index in [0.29, 0.717) is 21.7 Å². The second-order valence-corrected chi connectivity index (χ2v) is 3.71. The number of Topliss-reactive ketones (excluding diaryl/α,β-unsaturated/α-hetero) is 1. The molecule has 3 N–H and O–H groups in total. The van der Waals surface area contributed by atoms with Gasteiger partial charge in [0.2, 0.25) is 0 Å². The molecule has 0 atom stereocenters. The molecule has 1 heterocycles. The van der Waals surface area contributed by atoms with Crippen molar-refractivity contribution < 1.29 is 9.53 Å². The third kappa shape index (κ3) is 1.56. The number of nitrogens with two attached hydrogens (primary N) is 1. The van der Waals surface area contributed by atoms with Crippen molar-refractivity contribution in [2.24, 2.45) is 5.73 Å². The predicted molar refractivity (Wildman–Crippen MR) is 63.2 cm³/mol. The van der Waals surface area contributed by atoms with Gasteiger partial charge in [-0.05, 0) is 12.1 Å². The Labute approximate surface area is 97.3 Å². The molecule has 0 spiro atoms. The van der Waals surface area contributed by atoms with Crippen molar-refractivity contribution >= 4 is 28.3 Å². The number of benzene rings is 1. The van der Waals surface area contributed by atoms with Gasteiger partial charge in [-0.25, -0.2) is 0 Å². The molecule has 0 aliphatic rings. The van der Waals surface area contributed by atoms with Gasteiger partial charge in [0, 0.05) is 22.7 Å². The first-order valence-corrected chi connectivity index (χ1v) is 5.13. The monoisotopic (exact) mass is 238 g/mol. The van der Waals surface area contributed by atoms with Gasteiger partial charge in [-0.1, -0.05) is 11.6 Å². The molecule has 0 amide bonds. The van der Waals surface area contributed by atoms with Crippen LogP contribution in [0.25, 0.3) is 10.9 Å². The lowest BCUT2D eigenvalue weighted by Crippen LogP contribution is -2.13. The van der Waals surface area contributed by atoms with Gasteiger partial charge in [-0.15, -0.1) is 0 Å². The van der Waals surface area contributed by atoms with Gasteiger partial charge < -0.3 is 15.5 Å². The molecule has 2 rings (SSSR count). The molecule has 1 aromatic carbocycles. The average molecular weight is 239 g/mol. The molecule has 0 aliphatic heterocycles. The number of halogens is 1. The highest BCUT2D eigenvalue weighted by molar-refractivity contribution is 6.38. The van der Waals surface area contributed by atoms with E-state index in [2.05, 4.69) is 4.98 Å². The first-order valence-electron chi connectivity index (χ1n) is 4.76. The SMILES string of the molecule is COc1ccc2[nH]cc(C(=O)CN)c2c1Cl. The number of nitrogens with one attached hydrogen (secondary N) is 1. The summed E-state index contributed by atoms with van der Waals surface area (Å²) in [6.07, 6.45) is 1.62. The molecule has 0 radical (unpaired) electrons. The normalized spacial score (nSPS) is 10.7. The summed E-state index contributed by atoms with van der Waals surface area (Å²) in [7, 11) is 1.53. The minimum atomic E-state index is -0.151. The first kappa shape index (κ1) is 11.0. The number of aromatic amines is 1. The lowest BCUT2D eigenvalue weighted by atomic mass is 10.1. The average Bonchev–Trinajstić information content (AvgIpc) is 2.73. The van der Waals surface area contributed by atoms with Gasteiger partial charge in [-0.3, -0.25) is 4.79 Å². The molecule has 0 fully saturated rings. The molecule has 0 aliphatic carbocycles. The summed E-state index contributed by atoms with van der Waals surface area (Å²) in [5, 5.41) is 1.09. The van der Waals surface area contributed by atoms with Crippen molar-refractivity contribution in [2.75, 3.05) is 13.7 Å². The molecule has 0 bridgehead atoms. The number of carbonyl (C=O) groups is 1. The van der Waals surface area contributed by atoms with Gasteiger partial charge >= 0.3 is 0 Å². The smallest absolute Gasteiger partial charge is 0.178 e. The lowest BCUT2D eigenvalue weighted by Gasteiger charge is -2.04. The fraction of sp³-hybridized carbons (Fsp3) is 0.182. The maximum absolute atomic E-state index is 11.6. The Hall–Kier alpha value is -1.52. The highest BCUT2D eigenvalue weighted by Crippen LogP contribution is 2.34. The van der Waals surface area contributed by atoms with Crippen LogP contribution in [0, 0.1) is 0 Å². The van der Waals surface area contributed by atoms with Crippen molar-refractivity contribution in [3.05, 3.63) is 28.9 Å². The fourth-order valence-corrected chi connectivity index (χ4v) is 1.99. The standard InChI is InChI=1S/C11H11ClN2O2/c1-16-9-3-2-7-10(11(9)12)6(5-14-7)8(15)4-13/h2-3,5,14H,4,13H2,1H3. The number of H-pyrrole nitrogens is 1. The summed E-state index contributed by atoms with van der Waals surface area (Å²) in [6, 6.07) is 3.56. The number of methoxy groups -OCH3 is 1. The van der Waals surface area contributed by atoms with E-state index >= 15 is 0 Å². The van der Waals surface area contributed by atoms with E-state index < -0.39 is 0 Å². The Kier molecular flexibility index (Phi) is 2.85. The second-order valence-electron chi connectivity index (χ2n) is 3.33. The topological polar surface area (TPSA) is 68.1 Å². The molecule has 16 heavy (non-hydrogen) atoms. The molecule has 84 valence electrons. The Morgan fingerprint density at radius 2 is 2.31 bits per heavy atom. The van der Waals surface area contributed by atoms with Gasteiger partial charge in [0.25, 0.3) is 0 Å². The molecule has 1 aromatic heterocycles. The first-order chi connectivity index (χ1) is 7.69. The van der Waals surface area contributed by atoms with E-state index in [9.17, 15) is 4.79 Å². The number of ether oxygens (including phenoxy) is 1.